The van der Waals surface area contributed by atoms with Gasteiger partial charge in [0.05, 0.1) is 0 Å². The molecule has 2 aromatic rings. The van der Waals surface area contributed by atoms with E-state index < -0.39 is 3.64 Å². The van der Waals surface area contributed by atoms with Crippen molar-refractivity contribution < 1.29 is 8.78 Å². The molecule has 0 saturated carbocycles. The van der Waals surface area contributed by atoms with E-state index in [-0.39, 0.29) is 11.6 Å². The molecule has 0 nitrogen and oxygen atoms in total. The molecule has 0 saturated heterocycles. The topological polar surface area (TPSA) is 0 Å². The molecule has 0 bridgehead atoms. The summed E-state index contributed by atoms with van der Waals surface area (Å²) in [7, 11) is 0. The molecule has 0 unspecified atom stereocenters. The fourth-order valence-electron chi connectivity index (χ4n) is 1.40. The lowest BCUT2D eigenvalue weighted by molar-refractivity contribution is 0.626. The first-order valence-corrected chi connectivity index (χ1v) is 12.9. The van der Waals surface area contributed by atoms with E-state index in [2.05, 4.69) is 6.58 Å². The number of rotatable bonds is 6. The maximum Gasteiger partial charge on any atom is 0.123 e. The van der Waals surface area contributed by atoms with Crippen LogP contribution in [0.15, 0.2) is 70.3 Å². The van der Waals surface area contributed by atoms with Gasteiger partial charge in [-0.1, -0.05) is 52.5 Å². The van der Waals surface area contributed by atoms with E-state index >= 15 is 0 Å². The van der Waals surface area contributed by atoms with Crippen LogP contribution in [0.25, 0.3) is 0 Å². The molecule has 2 rings (SSSR count). The van der Waals surface area contributed by atoms with Crippen LogP contribution < -0.4 is 0 Å². The minimum atomic E-state index is -1.97. The second kappa shape index (κ2) is 7.84. The third-order valence-corrected chi connectivity index (χ3v) is 14.3. The Balaban J connectivity index is 2.19. The highest BCUT2D eigenvalue weighted by Crippen LogP contribution is 2.81. The lowest BCUT2D eigenvalue weighted by atomic mass is 10.4. The summed E-state index contributed by atoms with van der Waals surface area (Å²) in [5.74, 6) is -0.537. The largest absolute Gasteiger partial charge is 0.207 e. The lowest BCUT2D eigenvalue weighted by Crippen LogP contribution is -1.75. The van der Waals surface area contributed by atoms with Crippen molar-refractivity contribution in [3.8, 4) is 0 Å². The Morgan fingerprint density at radius 3 is 1.57 bits per heavy atom. The highest BCUT2D eigenvalue weighted by Gasteiger charge is 2.20. The number of halogens is 2. The first-order chi connectivity index (χ1) is 10.0. The van der Waals surface area contributed by atoms with Gasteiger partial charge in [-0.3, -0.25) is 0 Å². The summed E-state index contributed by atoms with van der Waals surface area (Å²) >= 11 is 10.4. The van der Waals surface area contributed by atoms with Crippen LogP contribution in [0, 0.1) is 11.6 Å². The van der Waals surface area contributed by atoms with Crippen molar-refractivity contribution in [1.82, 2.24) is 0 Å². The molecule has 0 N–H and O–H groups in total. The summed E-state index contributed by atoms with van der Waals surface area (Å²) in [5.41, 5.74) is 0. The summed E-state index contributed by atoms with van der Waals surface area (Å²) in [6.07, 6.45) is 0. The highest BCUT2D eigenvalue weighted by atomic mass is 33.5. The van der Waals surface area contributed by atoms with Crippen molar-refractivity contribution in [2.45, 2.75) is 9.79 Å². The smallest absolute Gasteiger partial charge is 0.123 e. The molecule has 0 aliphatic rings. The van der Waals surface area contributed by atoms with E-state index in [1.165, 1.54) is 35.6 Å². The van der Waals surface area contributed by atoms with Gasteiger partial charge in [0.15, 0.2) is 0 Å². The van der Waals surface area contributed by atoms with E-state index in [4.69, 9.17) is 11.8 Å². The number of benzene rings is 2. The Bertz CT molecular complexity index is 604. The minimum Gasteiger partial charge on any atom is -0.207 e. The van der Waals surface area contributed by atoms with Crippen LogP contribution in [-0.2, 0) is 11.8 Å². The Morgan fingerprint density at radius 2 is 1.24 bits per heavy atom. The molecule has 0 fully saturated rings. The van der Waals surface area contributed by atoms with Crippen molar-refractivity contribution in [3.05, 3.63) is 72.2 Å². The molecule has 0 aliphatic carbocycles. The van der Waals surface area contributed by atoms with Gasteiger partial charge in [0.25, 0.3) is 0 Å². The quantitative estimate of drug-likeness (QED) is 0.500. The molecule has 0 radical (unpaired) electrons. The zero-order chi connectivity index (χ0) is 15.3. The molecule has 110 valence electrons. The normalized spacial score (nSPS) is 11.3. The monoisotopic (exact) mass is 376 g/mol. The maximum absolute atomic E-state index is 13.0. The zero-order valence-electron chi connectivity index (χ0n) is 10.7. The first-order valence-electron chi connectivity index (χ1n) is 5.80. The third-order valence-electron chi connectivity index (χ3n) is 2.27. The SMILES string of the molecule is C=CSP(=S)(Sc1ccc(F)cc1)Sc1ccc(F)cc1. The molecule has 0 aromatic heterocycles. The van der Waals surface area contributed by atoms with Crippen LogP contribution in [0.5, 0.6) is 0 Å². The van der Waals surface area contributed by atoms with Gasteiger partial charge in [-0.15, -0.1) is 0 Å². The van der Waals surface area contributed by atoms with Gasteiger partial charge >= 0.3 is 0 Å². The maximum atomic E-state index is 13.0. The van der Waals surface area contributed by atoms with Crippen molar-refractivity contribution in [1.29, 1.82) is 0 Å². The van der Waals surface area contributed by atoms with E-state index in [0.29, 0.717) is 0 Å². The van der Waals surface area contributed by atoms with Gasteiger partial charge in [-0.05, 0) is 53.9 Å². The Kier molecular flexibility index (Phi) is 6.38. The molecule has 0 atom stereocenters. The van der Waals surface area contributed by atoms with Crippen molar-refractivity contribution in [2.75, 3.05) is 0 Å². The zero-order valence-corrected chi connectivity index (χ0v) is 14.9. The molecule has 0 heterocycles. The second-order valence-electron chi connectivity index (χ2n) is 3.81. The van der Waals surface area contributed by atoms with Crippen LogP contribution in [0.2, 0.25) is 0 Å². The molecule has 7 heteroatoms. The molecule has 21 heavy (non-hydrogen) atoms. The van der Waals surface area contributed by atoms with Gasteiger partial charge in [-0.25, -0.2) is 8.78 Å². The molecule has 0 spiro atoms. The van der Waals surface area contributed by atoms with E-state index in [1.807, 2.05) is 0 Å². The van der Waals surface area contributed by atoms with Gasteiger partial charge in [-0.2, -0.15) is 0 Å². The van der Waals surface area contributed by atoms with Gasteiger partial charge in [0.2, 0.25) is 0 Å². The summed E-state index contributed by atoms with van der Waals surface area (Å²) in [6, 6.07) is 12.6. The van der Waals surface area contributed by atoms with Gasteiger partial charge in [0.1, 0.15) is 15.3 Å². The summed E-state index contributed by atoms with van der Waals surface area (Å²) in [4.78, 5) is 1.84. The van der Waals surface area contributed by atoms with Crippen LogP contribution in [0.4, 0.5) is 8.78 Å². The number of hydrogen-bond acceptors (Lipinski definition) is 4. The number of hydrogen-bond donors (Lipinski definition) is 0. The van der Waals surface area contributed by atoms with Crippen molar-refractivity contribution in [2.24, 2.45) is 0 Å². The fraction of sp³-hybridized carbons (Fsp3) is 0. The third kappa shape index (κ3) is 5.46. The molecular weight excluding hydrogens is 365 g/mol. The molecule has 0 amide bonds. The Morgan fingerprint density at radius 1 is 0.857 bits per heavy atom. The van der Waals surface area contributed by atoms with E-state index in [0.717, 1.165) is 9.79 Å². The summed E-state index contributed by atoms with van der Waals surface area (Å²) < 4.78 is 24.0. The van der Waals surface area contributed by atoms with Crippen molar-refractivity contribution >= 4 is 49.6 Å². The first kappa shape index (κ1) is 17.1. The van der Waals surface area contributed by atoms with Gasteiger partial charge in [0, 0.05) is 9.79 Å². The minimum absolute atomic E-state index is 0.268. The standard InChI is InChI=1S/C14H11F2PS4/c1-2-19-17(18,20-13-7-3-11(15)4-8-13)21-14-9-5-12(16)6-10-14/h2-10H,1H2. The van der Waals surface area contributed by atoms with Gasteiger partial charge < -0.3 is 0 Å². The predicted octanol–water partition coefficient (Wildman–Crippen LogP) is 6.95. The summed E-state index contributed by atoms with van der Waals surface area (Å²) in [5, 5.41) is 1.73. The van der Waals surface area contributed by atoms with Crippen LogP contribution in [0.3, 0.4) is 0 Å². The van der Waals surface area contributed by atoms with E-state index in [9.17, 15) is 8.78 Å². The average Bonchev–Trinajstić information content (AvgIpc) is 2.44. The second-order valence-corrected chi connectivity index (χ2v) is 19.0. The highest BCUT2D eigenvalue weighted by molar-refractivity contribution is 9.23. The van der Waals surface area contributed by atoms with E-state index in [1.54, 1.807) is 52.4 Å². The Labute approximate surface area is 140 Å². The summed E-state index contributed by atoms with van der Waals surface area (Å²) in [6.45, 7) is 3.73. The Hall–Kier alpha value is -0.260. The van der Waals surface area contributed by atoms with Crippen LogP contribution >= 0.6 is 37.8 Å². The van der Waals surface area contributed by atoms with Crippen LogP contribution in [-0.4, -0.2) is 0 Å². The molecule has 0 aliphatic heterocycles. The van der Waals surface area contributed by atoms with Crippen molar-refractivity contribution in [3.63, 3.8) is 0 Å². The average molecular weight is 376 g/mol. The molecular formula is C14H11F2PS4. The molecule has 2 aromatic carbocycles. The van der Waals surface area contributed by atoms with Crippen LogP contribution in [0.1, 0.15) is 0 Å². The fourth-order valence-corrected chi connectivity index (χ4v) is 13.3. The predicted molar refractivity (Wildman–Crippen MR) is 96.6 cm³/mol. The lowest BCUT2D eigenvalue weighted by Gasteiger charge is -2.18.